The van der Waals surface area contributed by atoms with Crippen LogP contribution >= 0.6 is 0 Å². The number of rotatable bonds is 7. The van der Waals surface area contributed by atoms with Crippen LogP contribution in [0.2, 0.25) is 0 Å². The number of nitrogens with zero attached hydrogens (tertiary/aromatic N) is 6. The molecule has 0 aliphatic carbocycles. The molecule has 11 aromatic rings. The first-order valence-corrected chi connectivity index (χ1v) is 20.2. The van der Waals surface area contributed by atoms with Crippen LogP contribution in [0.3, 0.4) is 0 Å². The van der Waals surface area contributed by atoms with Gasteiger partial charge in [-0.15, -0.1) is 0 Å². The van der Waals surface area contributed by atoms with Crippen LogP contribution in [0.5, 0.6) is 0 Å². The molecule has 3 heterocycles. The van der Waals surface area contributed by atoms with E-state index in [1.807, 2.05) is 30.3 Å². The number of fused-ring (bicyclic) bond motifs is 5. The van der Waals surface area contributed by atoms with Gasteiger partial charge in [-0.25, -0.2) is 19.9 Å². The van der Waals surface area contributed by atoms with Crippen LogP contribution in [0, 0.1) is 11.3 Å². The molecule has 0 radical (unpaired) electrons. The third kappa shape index (κ3) is 6.48. The van der Waals surface area contributed by atoms with E-state index in [0.717, 1.165) is 77.8 Å². The van der Waals surface area contributed by atoms with E-state index in [4.69, 9.17) is 19.9 Å². The summed E-state index contributed by atoms with van der Waals surface area (Å²) in [5.74, 6) is 1.68. The van der Waals surface area contributed by atoms with Gasteiger partial charge in [-0.3, -0.25) is 0 Å². The lowest BCUT2D eigenvalue weighted by molar-refractivity contribution is 1.07. The summed E-state index contributed by atoms with van der Waals surface area (Å²) in [6, 6.07) is 72.8. The van der Waals surface area contributed by atoms with E-state index in [1.165, 1.54) is 10.8 Å². The van der Waals surface area contributed by atoms with Crippen LogP contribution < -0.4 is 0 Å². The summed E-state index contributed by atoms with van der Waals surface area (Å²) in [6.07, 6.45) is 0. The quantitative estimate of drug-likeness (QED) is 0.161. The Balaban J connectivity index is 0.967. The minimum absolute atomic E-state index is 0.541. The Bertz CT molecular complexity index is 3420. The van der Waals surface area contributed by atoms with Crippen LogP contribution in [-0.4, -0.2) is 24.5 Å². The van der Waals surface area contributed by atoms with Gasteiger partial charge in [-0.05, 0) is 70.8 Å². The number of benzene rings is 8. The molecule has 0 saturated heterocycles. The molecule has 0 spiro atoms. The van der Waals surface area contributed by atoms with Gasteiger partial charge >= 0.3 is 0 Å². The molecule has 0 aliphatic heterocycles. The topological polar surface area (TPSA) is 80.3 Å². The first-order chi connectivity index (χ1) is 30.2. The van der Waals surface area contributed by atoms with E-state index >= 15 is 0 Å². The summed E-state index contributed by atoms with van der Waals surface area (Å²) >= 11 is 0. The molecular weight excluding hydrogens is 745 g/mol. The molecule has 0 aliphatic rings. The fourth-order valence-electron chi connectivity index (χ4n) is 8.27. The van der Waals surface area contributed by atoms with Gasteiger partial charge in [0, 0.05) is 44.1 Å². The molecule has 0 saturated carbocycles. The standard InChI is InChI=1S/C55H34N6/c56-35-36-19-21-42(22-20-36)53-58-54(43-31-25-38(26-32-43)37-11-3-1-4-12-37)60-55(59-53)44-33-27-40(28-34-44)39-23-29-41(30-24-39)51-52-50(46-15-7-9-17-48(46)57-51)47-16-8-10-18-49(47)61(52)45-13-5-2-6-14-45/h1-34H. The molecule has 0 atom stereocenters. The molecule has 11 rings (SSSR count). The molecular formula is C55H34N6. The maximum absolute atomic E-state index is 9.41. The SMILES string of the molecule is N#Cc1ccc(-c2nc(-c3ccc(-c4ccccc4)cc3)nc(-c3ccc(-c4ccc(-c5nc6ccccc6c6c7ccccc7n(-c7ccccc7)c56)cc4)cc3)n2)cc1. The van der Waals surface area contributed by atoms with Gasteiger partial charge in [0.1, 0.15) is 0 Å². The van der Waals surface area contributed by atoms with E-state index in [1.54, 1.807) is 12.1 Å². The monoisotopic (exact) mass is 778 g/mol. The molecule has 3 aromatic heterocycles. The van der Waals surface area contributed by atoms with E-state index in [2.05, 4.69) is 174 Å². The maximum Gasteiger partial charge on any atom is 0.164 e. The Labute approximate surface area is 352 Å². The van der Waals surface area contributed by atoms with Gasteiger partial charge in [-0.2, -0.15) is 5.26 Å². The molecule has 0 unspecified atom stereocenters. The Hall–Kier alpha value is -8.53. The Morgan fingerprint density at radius 2 is 0.787 bits per heavy atom. The highest BCUT2D eigenvalue weighted by molar-refractivity contribution is 6.23. The van der Waals surface area contributed by atoms with E-state index in [-0.39, 0.29) is 0 Å². The summed E-state index contributed by atoms with van der Waals surface area (Å²) in [5.41, 5.74) is 13.9. The second-order valence-electron chi connectivity index (χ2n) is 15.0. The lowest BCUT2D eigenvalue weighted by Crippen LogP contribution is -2.00. The normalized spacial score (nSPS) is 11.3. The molecule has 0 N–H and O–H groups in total. The van der Waals surface area contributed by atoms with Crippen LogP contribution in [0.25, 0.3) is 106 Å². The molecule has 284 valence electrons. The van der Waals surface area contributed by atoms with Crippen LogP contribution in [0.15, 0.2) is 206 Å². The van der Waals surface area contributed by atoms with Crippen molar-refractivity contribution in [1.82, 2.24) is 24.5 Å². The maximum atomic E-state index is 9.41. The van der Waals surface area contributed by atoms with Crippen molar-refractivity contribution in [2.45, 2.75) is 0 Å². The van der Waals surface area contributed by atoms with Crippen LogP contribution in [0.1, 0.15) is 5.56 Å². The van der Waals surface area contributed by atoms with Crippen LogP contribution in [-0.2, 0) is 0 Å². The Morgan fingerprint density at radius 3 is 1.34 bits per heavy atom. The van der Waals surface area contributed by atoms with Crippen molar-refractivity contribution in [3.8, 4) is 79.4 Å². The largest absolute Gasteiger partial charge is 0.307 e. The van der Waals surface area contributed by atoms with Crippen molar-refractivity contribution in [2.24, 2.45) is 0 Å². The zero-order chi connectivity index (χ0) is 40.7. The van der Waals surface area contributed by atoms with Gasteiger partial charge < -0.3 is 4.57 Å². The molecule has 0 amide bonds. The first-order valence-electron chi connectivity index (χ1n) is 20.2. The minimum Gasteiger partial charge on any atom is -0.307 e. The highest BCUT2D eigenvalue weighted by atomic mass is 15.0. The predicted molar refractivity (Wildman–Crippen MR) is 247 cm³/mol. The number of para-hydroxylation sites is 3. The lowest BCUT2D eigenvalue weighted by Gasteiger charge is -2.13. The molecule has 0 bridgehead atoms. The summed E-state index contributed by atoms with van der Waals surface area (Å²) in [6.45, 7) is 0. The number of hydrogen-bond donors (Lipinski definition) is 0. The second-order valence-corrected chi connectivity index (χ2v) is 15.0. The zero-order valence-electron chi connectivity index (χ0n) is 32.8. The number of pyridine rings is 1. The second kappa shape index (κ2) is 15.0. The summed E-state index contributed by atoms with van der Waals surface area (Å²) in [4.78, 5) is 20.2. The number of hydrogen-bond acceptors (Lipinski definition) is 5. The van der Waals surface area contributed by atoms with Crippen LogP contribution in [0.4, 0.5) is 0 Å². The highest BCUT2D eigenvalue weighted by Gasteiger charge is 2.21. The Morgan fingerprint density at radius 1 is 0.361 bits per heavy atom. The van der Waals surface area contributed by atoms with Crippen molar-refractivity contribution in [2.75, 3.05) is 0 Å². The minimum atomic E-state index is 0.541. The average molecular weight is 779 g/mol. The molecule has 61 heavy (non-hydrogen) atoms. The van der Waals surface area contributed by atoms with Crippen molar-refractivity contribution < 1.29 is 0 Å². The van der Waals surface area contributed by atoms with Gasteiger partial charge in [0.15, 0.2) is 17.5 Å². The average Bonchev–Trinajstić information content (AvgIpc) is 3.70. The third-order valence-corrected chi connectivity index (χ3v) is 11.3. The molecule has 8 aromatic carbocycles. The number of aromatic nitrogens is 5. The van der Waals surface area contributed by atoms with Gasteiger partial charge in [0.2, 0.25) is 0 Å². The molecule has 6 nitrogen and oxygen atoms in total. The van der Waals surface area contributed by atoms with E-state index in [0.29, 0.717) is 23.0 Å². The van der Waals surface area contributed by atoms with Gasteiger partial charge in [0.25, 0.3) is 0 Å². The van der Waals surface area contributed by atoms with Crippen molar-refractivity contribution >= 4 is 32.7 Å². The number of nitriles is 1. The van der Waals surface area contributed by atoms with Crippen molar-refractivity contribution in [1.29, 1.82) is 5.26 Å². The first kappa shape index (κ1) is 35.6. The fraction of sp³-hybridized carbons (Fsp3) is 0. The highest BCUT2D eigenvalue weighted by Crippen LogP contribution is 2.41. The molecule has 0 fully saturated rings. The summed E-state index contributed by atoms with van der Waals surface area (Å²) in [7, 11) is 0. The Kier molecular flexibility index (Phi) is 8.76. The van der Waals surface area contributed by atoms with Gasteiger partial charge in [0.05, 0.1) is 33.9 Å². The predicted octanol–water partition coefficient (Wildman–Crippen LogP) is 13.4. The zero-order valence-corrected chi connectivity index (χ0v) is 32.8. The van der Waals surface area contributed by atoms with Crippen molar-refractivity contribution in [3.05, 3.63) is 212 Å². The summed E-state index contributed by atoms with van der Waals surface area (Å²) in [5, 5.41) is 13.0. The molecule has 6 heteroatoms. The van der Waals surface area contributed by atoms with E-state index in [9.17, 15) is 5.26 Å². The lowest BCUT2D eigenvalue weighted by atomic mass is 9.99. The summed E-state index contributed by atoms with van der Waals surface area (Å²) < 4.78 is 2.35. The van der Waals surface area contributed by atoms with E-state index < -0.39 is 0 Å². The smallest absolute Gasteiger partial charge is 0.164 e. The fourth-order valence-corrected chi connectivity index (χ4v) is 8.27. The van der Waals surface area contributed by atoms with Gasteiger partial charge in [-0.1, -0.05) is 158 Å². The third-order valence-electron chi connectivity index (χ3n) is 11.3. The van der Waals surface area contributed by atoms with Crippen molar-refractivity contribution in [3.63, 3.8) is 0 Å².